The second kappa shape index (κ2) is 8.95. The summed E-state index contributed by atoms with van der Waals surface area (Å²) in [6.45, 7) is 7.45. The summed E-state index contributed by atoms with van der Waals surface area (Å²) in [4.78, 5) is 5.53. The van der Waals surface area contributed by atoms with Crippen molar-refractivity contribution in [2.24, 2.45) is 10.4 Å². The third kappa shape index (κ3) is 5.71. The van der Waals surface area contributed by atoms with E-state index < -0.39 is 11.6 Å². The Kier molecular flexibility index (Phi) is 6.60. The van der Waals surface area contributed by atoms with E-state index in [1.807, 2.05) is 24.3 Å². The molecule has 28 heavy (non-hydrogen) atoms. The third-order valence-electron chi connectivity index (χ3n) is 4.10. The first kappa shape index (κ1) is 20.6. The van der Waals surface area contributed by atoms with Gasteiger partial charge in [-0.15, -0.1) is 11.8 Å². The lowest BCUT2D eigenvalue weighted by molar-refractivity contribution is 0.198. The zero-order chi connectivity index (χ0) is 20.1. The number of hydrogen-bond acceptors (Lipinski definition) is 4. The first-order chi connectivity index (χ1) is 13.3. The molecular weight excluding hydrogens is 380 g/mol. The Morgan fingerprint density at radius 2 is 1.79 bits per heavy atom. The molecule has 6 heteroatoms. The lowest BCUT2D eigenvalue weighted by Gasteiger charge is -2.21. The number of ether oxygens (including phenoxy) is 2. The number of nitrogens with zero attached hydrogens (tertiary/aromatic N) is 1. The Morgan fingerprint density at radius 3 is 2.43 bits per heavy atom. The van der Waals surface area contributed by atoms with Gasteiger partial charge in [0.1, 0.15) is 22.9 Å². The first-order valence-electron chi connectivity index (χ1n) is 9.32. The molecule has 1 aliphatic heterocycles. The van der Waals surface area contributed by atoms with E-state index in [-0.39, 0.29) is 22.9 Å². The van der Waals surface area contributed by atoms with Crippen LogP contribution in [0, 0.1) is 17.0 Å². The summed E-state index contributed by atoms with van der Waals surface area (Å²) in [6, 6.07) is 11.7. The highest BCUT2D eigenvalue weighted by molar-refractivity contribution is 7.99. The minimum atomic E-state index is -0.655. The van der Waals surface area contributed by atoms with Crippen LogP contribution >= 0.6 is 11.8 Å². The van der Waals surface area contributed by atoms with Crippen LogP contribution in [-0.2, 0) is 4.74 Å². The fraction of sp³-hybridized carbons (Fsp3) is 0.409. The number of rotatable bonds is 6. The second-order valence-electron chi connectivity index (χ2n) is 7.95. The summed E-state index contributed by atoms with van der Waals surface area (Å²) in [5, 5.41) is 0. The maximum Gasteiger partial charge on any atom is 0.222 e. The lowest BCUT2D eigenvalue weighted by atomic mass is 9.99. The highest BCUT2D eigenvalue weighted by Crippen LogP contribution is 2.26. The molecule has 0 aromatic heterocycles. The molecule has 0 bridgehead atoms. The van der Waals surface area contributed by atoms with Crippen molar-refractivity contribution in [1.29, 1.82) is 0 Å². The quantitative estimate of drug-likeness (QED) is 0.576. The van der Waals surface area contributed by atoms with Crippen LogP contribution in [0.5, 0.6) is 5.75 Å². The highest BCUT2D eigenvalue weighted by atomic mass is 32.2. The van der Waals surface area contributed by atoms with Crippen LogP contribution in [0.1, 0.15) is 32.8 Å². The average Bonchev–Trinajstić information content (AvgIpc) is 2.65. The molecule has 1 unspecified atom stereocenters. The Morgan fingerprint density at radius 1 is 1.11 bits per heavy atom. The molecule has 0 saturated heterocycles. The zero-order valence-corrected chi connectivity index (χ0v) is 17.2. The molecule has 0 radical (unpaired) electrons. The first-order valence-corrected chi connectivity index (χ1v) is 10.3. The molecule has 0 spiro atoms. The topological polar surface area (TPSA) is 30.8 Å². The normalized spacial score (nSPS) is 17.0. The molecule has 150 valence electrons. The summed E-state index contributed by atoms with van der Waals surface area (Å²) < 4.78 is 39.1. The number of benzene rings is 2. The van der Waals surface area contributed by atoms with Gasteiger partial charge in [0.15, 0.2) is 0 Å². The SMILES string of the molecule is CC(C)(C)COc1ccc(SCC2CCOC(c3c(F)cccc3F)=N2)cc1. The lowest BCUT2D eigenvalue weighted by Crippen LogP contribution is -2.25. The van der Waals surface area contributed by atoms with Gasteiger partial charge in [-0.2, -0.15) is 0 Å². The number of halogens is 2. The summed E-state index contributed by atoms with van der Waals surface area (Å²) in [6.07, 6.45) is 0.722. The van der Waals surface area contributed by atoms with Gasteiger partial charge in [-0.3, -0.25) is 0 Å². The molecule has 0 N–H and O–H groups in total. The second-order valence-corrected chi connectivity index (χ2v) is 9.05. The van der Waals surface area contributed by atoms with Crippen LogP contribution < -0.4 is 4.74 Å². The maximum absolute atomic E-state index is 14.0. The average molecular weight is 406 g/mol. The van der Waals surface area contributed by atoms with Crippen molar-refractivity contribution in [2.45, 2.75) is 38.1 Å². The van der Waals surface area contributed by atoms with Crippen LogP contribution in [0.15, 0.2) is 52.4 Å². The van der Waals surface area contributed by atoms with Crippen molar-refractivity contribution < 1.29 is 18.3 Å². The van der Waals surface area contributed by atoms with E-state index in [1.54, 1.807) is 11.8 Å². The van der Waals surface area contributed by atoms with Crippen molar-refractivity contribution in [3.8, 4) is 5.75 Å². The van der Waals surface area contributed by atoms with Gasteiger partial charge < -0.3 is 9.47 Å². The van der Waals surface area contributed by atoms with Crippen molar-refractivity contribution in [3.05, 3.63) is 59.7 Å². The van der Waals surface area contributed by atoms with E-state index in [4.69, 9.17) is 9.47 Å². The van der Waals surface area contributed by atoms with Gasteiger partial charge in [-0.1, -0.05) is 26.8 Å². The number of thioether (sulfide) groups is 1. The predicted octanol–water partition coefficient (Wildman–Crippen LogP) is 5.72. The van der Waals surface area contributed by atoms with E-state index in [9.17, 15) is 8.78 Å². The standard InChI is InChI=1S/C22H25F2NO2S/c1-22(2,3)14-27-16-7-9-17(10-8-16)28-13-15-11-12-26-21(25-15)20-18(23)5-4-6-19(20)24/h4-10,15H,11-14H2,1-3H3. The highest BCUT2D eigenvalue weighted by Gasteiger charge is 2.23. The van der Waals surface area contributed by atoms with Gasteiger partial charge >= 0.3 is 0 Å². The molecule has 1 heterocycles. The van der Waals surface area contributed by atoms with Gasteiger partial charge in [0.2, 0.25) is 5.90 Å². The van der Waals surface area contributed by atoms with Crippen molar-refractivity contribution in [1.82, 2.24) is 0 Å². The fourth-order valence-corrected chi connectivity index (χ4v) is 3.60. The summed E-state index contributed by atoms with van der Waals surface area (Å²) in [7, 11) is 0. The van der Waals surface area contributed by atoms with Gasteiger partial charge in [0, 0.05) is 17.1 Å². The van der Waals surface area contributed by atoms with E-state index in [0.717, 1.165) is 17.1 Å². The van der Waals surface area contributed by atoms with E-state index in [2.05, 4.69) is 25.8 Å². The van der Waals surface area contributed by atoms with Crippen LogP contribution in [-0.4, -0.2) is 30.9 Å². The Bertz CT molecular complexity index is 811. The van der Waals surface area contributed by atoms with Crippen LogP contribution in [0.3, 0.4) is 0 Å². The number of hydrogen-bond donors (Lipinski definition) is 0. The summed E-state index contributed by atoms with van der Waals surface area (Å²) in [5.74, 6) is 0.306. The molecule has 0 amide bonds. The van der Waals surface area contributed by atoms with E-state index >= 15 is 0 Å². The monoisotopic (exact) mass is 405 g/mol. The molecule has 2 aromatic rings. The third-order valence-corrected chi connectivity index (χ3v) is 5.26. The van der Waals surface area contributed by atoms with Crippen LogP contribution in [0.25, 0.3) is 0 Å². The molecule has 3 nitrogen and oxygen atoms in total. The van der Waals surface area contributed by atoms with Gasteiger partial charge in [-0.25, -0.2) is 13.8 Å². The van der Waals surface area contributed by atoms with Crippen LogP contribution in [0.4, 0.5) is 8.78 Å². The molecule has 0 fully saturated rings. The molecule has 3 rings (SSSR count). The fourth-order valence-electron chi connectivity index (χ4n) is 2.64. The summed E-state index contributed by atoms with van der Waals surface area (Å²) in [5.41, 5.74) is -0.0679. The van der Waals surface area contributed by atoms with Gasteiger partial charge in [-0.05, 0) is 41.8 Å². The molecule has 0 saturated carbocycles. The molecular formula is C22H25F2NO2S. The zero-order valence-electron chi connectivity index (χ0n) is 16.4. The Hall–Kier alpha value is -2.08. The van der Waals surface area contributed by atoms with Crippen LogP contribution in [0.2, 0.25) is 0 Å². The number of aliphatic imine (C=N–C) groups is 1. The van der Waals surface area contributed by atoms with Gasteiger partial charge in [0.05, 0.1) is 19.3 Å². The van der Waals surface area contributed by atoms with Gasteiger partial charge in [0.25, 0.3) is 0 Å². The van der Waals surface area contributed by atoms with E-state index in [1.165, 1.54) is 18.2 Å². The predicted molar refractivity (Wildman–Crippen MR) is 109 cm³/mol. The minimum absolute atomic E-state index is 0.0513. The van der Waals surface area contributed by atoms with Crippen molar-refractivity contribution in [3.63, 3.8) is 0 Å². The van der Waals surface area contributed by atoms with Crippen molar-refractivity contribution in [2.75, 3.05) is 19.0 Å². The Labute approximate surface area is 169 Å². The Balaban J connectivity index is 1.60. The molecule has 1 aliphatic rings. The maximum atomic E-state index is 14.0. The summed E-state index contributed by atoms with van der Waals surface area (Å²) >= 11 is 1.66. The minimum Gasteiger partial charge on any atom is -0.493 e. The molecule has 1 atom stereocenters. The largest absolute Gasteiger partial charge is 0.493 e. The van der Waals surface area contributed by atoms with E-state index in [0.29, 0.717) is 19.0 Å². The van der Waals surface area contributed by atoms with Crippen molar-refractivity contribution >= 4 is 17.7 Å². The molecule has 2 aromatic carbocycles. The molecule has 0 aliphatic carbocycles. The smallest absolute Gasteiger partial charge is 0.222 e.